The molecule has 0 aromatic heterocycles. The molecule has 3 aliphatic rings. The van der Waals surface area contributed by atoms with Gasteiger partial charge >= 0.3 is 0 Å². The smallest absolute Gasteiger partial charge is 0.256 e. The van der Waals surface area contributed by atoms with Gasteiger partial charge in [-0.05, 0) is 37.1 Å². The lowest BCUT2D eigenvalue weighted by molar-refractivity contribution is -0.130. The summed E-state index contributed by atoms with van der Waals surface area (Å²) in [6, 6.07) is 9.27. The number of nitrogens with one attached hydrogen (secondary N) is 1. The monoisotopic (exact) mass is 414 g/mol. The molecule has 1 aromatic carbocycles. The van der Waals surface area contributed by atoms with Gasteiger partial charge in [-0.25, -0.2) is 8.42 Å². The minimum atomic E-state index is -3.43. The number of rotatable bonds is 3. The van der Waals surface area contributed by atoms with Crippen molar-refractivity contribution in [1.82, 2.24) is 9.80 Å². The van der Waals surface area contributed by atoms with Crippen LogP contribution in [0, 0.1) is 5.92 Å². The van der Waals surface area contributed by atoms with E-state index in [1.165, 1.54) is 0 Å². The molecular formula is C20H22N4O4S. The van der Waals surface area contributed by atoms with Gasteiger partial charge in [-0.2, -0.15) is 0 Å². The fourth-order valence-corrected chi connectivity index (χ4v) is 4.62. The lowest BCUT2D eigenvalue weighted by Crippen LogP contribution is -2.45. The molecule has 1 atom stereocenters. The number of benzene rings is 1. The molecule has 0 bridgehead atoms. The van der Waals surface area contributed by atoms with Crippen molar-refractivity contribution in [2.75, 3.05) is 30.7 Å². The van der Waals surface area contributed by atoms with Gasteiger partial charge in [0.1, 0.15) is 5.84 Å². The second-order valence-corrected chi connectivity index (χ2v) is 9.05. The van der Waals surface area contributed by atoms with Gasteiger partial charge < -0.3 is 15.1 Å². The summed E-state index contributed by atoms with van der Waals surface area (Å²) < 4.78 is 27.0. The lowest BCUT2D eigenvalue weighted by atomic mass is 9.96. The Morgan fingerprint density at radius 3 is 2.69 bits per heavy atom. The molecule has 1 aromatic rings. The summed E-state index contributed by atoms with van der Waals surface area (Å²) in [5, 5.41) is 2.91. The number of amides is 2. The topological polar surface area (TPSA) is 99.1 Å². The molecule has 2 amide bonds. The number of para-hydroxylation sites is 1. The predicted molar refractivity (Wildman–Crippen MR) is 110 cm³/mol. The average Bonchev–Trinajstić information content (AvgIpc) is 2.73. The van der Waals surface area contributed by atoms with E-state index in [-0.39, 0.29) is 30.0 Å². The van der Waals surface area contributed by atoms with Crippen molar-refractivity contribution >= 4 is 33.4 Å². The molecule has 0 aliphatic carbocycles. The number of fused-ring (bicyclic) bond motifs is 1. The molecule has 0 radical (unpaired) electrons. The predicted octanol–water partition coefficient (Wildman–Crippen LogP) is 1.36. The Kier molecular flexibility index (Phi) is 5.23. The fraction of sp³-hybridized carbons (Fsp3) is 0.350. The largest absolute Gasteiger partial charge is 0.338 e. The van der Waals surface area contributed by atoms with Crippen LogP contribution in [-0.2, 0) is 19.6 Å². The van der Waals surface area contributed by atoms with Crippen LogP contribution in [0.5, 0.6) is 0 Å². The van der Waals surface area contributed by atoms with Crippen molar-refractivity contribution in [1.29, 1.82) is 0 Å². The van der Waals surface area contributed by atoms with Gasteiger partial charge in [0.25, 0.3) is 15.9 Å². The molecule has 1 unspecified atom stereocenters. The van der Waals surface area contributed by atoms with Crippen molar-refractivity contribution in [3.63, 3.8) is 0 Å². The highest BCUT2D eigenvalue weighted by Gasteiger charge is 2.31. The van der Waals surface area contributed by atoms with E-state index in [0.29, 0.717) is 24.5 Å². The zero-order valence-electron chi connectivity index (χ0n) is 15.8. The first-order valence-electron chi connectivity index (χ1n) is 9.56. The standard InChI is InChI=1S/C20H22N4O4S/c25-19(21-17-6-2-1-3-7-17)15-5-4-10-24(13-15)20(26)16-8-9-18-22-29(27,28)12-11-23(18)14-16/h1-3,6-9,14-15H,4-5,10-13H2,(H,21,25). The van der Waals surface area contributed by atoms with E-state index >= 15 is 0 Å². The SMILES string of the molecule is O=C(Nc1ccccc1)C1CCCN(C(=O)C2=CN3CCS(=O)(=O)N=C3C=C2)C1. The highest BCUT2D eigenvalue weighted by atomic mass is 32.2. The number of carbonyl (C=O) groups excluding carboxylic acids is 2. The number of likely N-dealkylation sites (tertiary alicyclic amines) is 1. The quantitative estimate of drug-likeness (QED) is 0.805. The highest BCUT2D eigenvalue weighted by molar-refractivity contribution is 7.90. The van der Waals surface area contributed by atoms with Gasteiger partial charge in [-0.1, -0.05) is 18.2 Å². The minimum Gasteiger partial charge on any atom is -0.338 e. The normalized spacial score (nSPS) is 23.0. The van der Waals surface area contributed by atoms with Gasteiger partial charge in [0, 0.05) is 31.5 Å². The number of amidine groups is 1. The third-order valence-electron chi connectivity index (χ3n) is 5.19. The second-order valence-electron chi connectivity index (χ2n) is 7.29. The van der Waals surface area contributed by atoms with Crippen LogP contribution in [0.15, 0.2) is 58.7 Å². The maximum absolute atomic E-state index is 13.0. The summed E-state index contributed by atoms with van der Waals surface area (Å²) in [5.41, 5.74) is 1.21. The van der Waals surface area contributed by atoms with E-state index in [1.807, 2.05) is 30.3 Å². The van der Waals surface area contributed by atoms with Gasteiger partial charge in [-0.15, -0.1) is 4.40 Å². The highest BCUT2D eigenvalue weighted by Crippen LogP contribution is 2.23. The molecule has 0 spiro atoms. The summed E-state index contributed by atoms with van der Waals surface area (Å²) in [4.78, 5) is 28.9. The van der Waals surface area contributed by atoms with Crippen LogP contribution in [0.4, 0.5) is 5.69 Å². The first-order chi connectivity index (χ1) is 13.9. The van der Waals surface area contributed by atoms with Crippen molar-refractivity contribution in [2.45, 2.75) is 12.8 Å². The minimum absolute atomic E-state index is 0.0756. The average molecular weight is 414 g/mol. The Balaban J connectivity index is 1.42. The van der Waals surface area contributed by atoms with E-state index in [1.54, 1.807) is 28.2 Å². The number of hydrogen-bond donors (Lipinski definition) is 1. The van der Waals surface area contributed by atoms with Gasteiger partial charge in [-0.3, -0.25) is 9.59 Å². The third-order valence-corrected chi connectivity index (χ3v) is 6.36. The fourth-order valence-electron chi connectivity index (χ4n) is 3.65. The van der Waals surface area contributed by atoms with Crippen molar-refractivity contribution in [3.8, 4) is 0 Å². The summed E-state index contributed by atoms with van der Waals surface area (Å²) in [6.07, 6.45) is 6.27. The van der Waals surface area contributed by atoms with E-state index in [9.17, 15) is 18.0 Å². The lowest BCUT2D eigenvalue weighted by Gasteiger charge is -2.33. The summed E-state index contributed by atoms with van der Waals surface area (Å²) in [7, 11) is -3.43. The van der Waals surface area contributed by atoms with Crippen LogP contribution in [-0.4, -0.2) is 61.3 Å². The van der Waals surface area contributed by atoms with Crippen LogP contribution < -0.4 is 5.32 Å². The zero-order valence-corrected chi connectivity index (χ0v) is 16.6. The molecule has 4 rings (SSSR count). The molecule has 0 saturated carbocycles. The number of nitrogens with zero attached hydrogens (tertiary/aromatic N) is 3. The Hall–Kier alpha value is -2.94. The summed E-state index contributed by atoms with van der Waals surface area (Å²) in [5.74, 6) is -0.262. The second kappa shape index (κ2) is 7.82. The Labute approximate surface area is 169 Å². The molecule has 29 heavy (non-hydrogen) atoms. The van der Waals surface area contributed by atoms with Crippen molar-refractivity contribution < 1.29 is 18.0 Å². The molecule has 3 aliphatic heterocycles. The molecular weight excluding hydrogens is 392 g/mol. The van der Waals surface area contributed by atoms with Gasteiger partial charge in [0.15, 0.2) is 0 Å². The maximum atomic E-state index is 13.0. The summed E-state index contributed by atoms with van der Waals surface area (Å²) in [6.45, 7) is 1.22. The maximum Gasteiger partial charge on any atom is 0.256 e. The van der Waals surface area contributed by atoms with E-state index in [4.69, 9.17) is 0 Å². The van der Waals surface area contributed by atoms with Crippen molar-refractivity contribution in [3.05, 3.63) is 54.3 Å². The molecule has 8 nitrogen and oxygen atoms in total. The number of sulfonamides is 1. The van der Waals surface area contributed by atoms with Crippen LogP contribution in [0.1, 0.15) is 12.8 Å². The molecule has 1 N–H and O–H groups in total. The van der Waals surface area contributed by atoms with Crippen LogP contribution in [0.3, 0.4) is 0 Å². The van der Waals surface area contributed by atoms with E-state index < -0.39 is 10.0 Å². The van der Waals surface area contributed by atoms with Crippen LogP contribution >= 0.6 is 0 Å². The van der Waals surface area contributed by atoms with Crippen LogP contribution in [0.25, 0.3) is 0 Å². The molecule has 1 saturated heterocycles. The molecule has 3 heterocycles. The van der Waals surface area contributed by atoms with Crippen molar-refractivity contribution in [2.24, 2.45) is 10.3 Å². The van der Waals surface area contributed by atoms with Gasteiger partial charge in [0.05, 0.1) is 17.2 Å². The van der Waals surface area contributed by atoms with Gasteiger partial charge in [0.2, 0.25) is 5.91 Å². The number of anilines is 1. The Morgan fingerprint density at radius 1 is 1.10 bits per heavy atom. The molecule has 9 heteroatoms. The first-order valence-corrected chi connectivity index (χ1v) is 11.2. The van der Waals surface area contributed by atoms with Crippen LogP contribution in [0.2, 0.25) is 0 Å². The molecule has 152 valence electrons. The zero-order chi connectivity index (χ0) is 20.4. The van der Waals surface area contributed by atoms with E-state index in [2.05, 4.69) is 9.71 Å². The Bertz CT molecular complexity index is 1010. The number of carbonyl (C=O) groups is 2. The van der Waals surface area contributed by atoms with E-state index in [0.717, 1.165) is 18.5 Å². The molecule has 1 fully saturated rings. The first kappa shape index (κ1) is 19.4. The summed E-state index contributed by atoms with van der Waals surface area (Å²) >= 11 is 0. The Morgan fingerprint density at radius 2 is 1.90 bits per heavy atom. The number of hydrogen-bond acceptors (Lipinski definition) is 5. The third kappa shape index (κ3) is 4.40. The number of piperidine rings is 1.